The molecule has 0 saturated carbocycles. The van der Waals surface area contributed by atoms with Gasteiger partial charge in [-0.1, -0.05) is 55.1 Å². The Balaban J connectivity index is 1.74. The van der Waals surface area contributed by atoms with Crippen LogP contribution < -0.4 is 10.2 Å². The first-order valence-corrected chi connectivity index (χ1v) is 11.1. The van der Waals surface area contributed by atoms with Crippen LogP contribution in [0, 0.1) is 13.8 Å². The van der Waals surface area contributed by atoms with Crippen molar-refractivity contribution in [2.24, 2.45) is 0 Å². The molecule has 0 spiro atoms. The number of hydrogen-bond donors (Lipinski definition) is 1. The third-order valence-corrected chi connectivity index (χ3v) is 6.19. The lowest BCUT2D eigenvalue weighted by Crippen LogP contribution is -2.32. The zero-order chi connectivity index (χ0) is 22.0. The van der Waals surface area contributed by atoms with Crippen LogP contribution in [0.25, 0.3) is 0 Å². The number of aryl methyl sites for hydroxylation is 3. The predicted molar refractivity (Wildman–Crippen MR) is 127 cm³/mol. The third-order valence-electron chi connectivity index (χ3n) is 5.10. The summed E-state index contributed by atoms with van der Waals surface area (Å²) in [6.45, 7) is 6.02. The van der Waals surface area contributed by atoms with E-state index in [4.69, 9.17) is 0 Å². The van der Waals surface area contributed by atoms with E-state index in [-0.39, 0.29) is 11.8 Å². The summed E-state index contributed by atoms with van der Waals surface area (Å²) in [6.07, 6.45) is 0.940. The van der Waals surface area contributed by atoms with Crippen molar-refractivity contribution < 1.29 is 9.59 Å². The molecule has 3 aromatic carbocycles. The molecule has 2 amide bonds. The standard InChI is InChI=1S/C26H24N2O2S/c1-4-19-10-12-20(13-11-19)27-23-24(31-22-8-6-5-7-9-22)26(30)28(25(23)29)21-15-17(2)14-18(3)16-21/h5-16,27H,4H2,1-3H3. The normalized spacial score (nSPS) is 13.8. The van der Waals surface area contributed by atoms with Crippen molar-refractivity contribution in [3.63, 3.8) is 0 Å². The van der Waals surface area contributed by atoms with Crippen LogP contribution in [0.2, 0.25) is 0 Å². The van der Waals surface area contributed by atoms with Gasteiger partial charge in [-0.2, -0.15) is 0 Å². The number of hydrogen-bond acceptors (Lipinski definition) is 4. The summed E-state index contributed by atoms with van der Waals surface area (Å²) in [5.74, 6) is -0.649. The Labute approximate surface area is 187 Å². The lowest BCUT2D eigenvalue weighted by molar-refractivity contribution is -0.120. The summed E-state index contributed by atoms with van der Waals surface area (Å²) in [4.78, 5) is 29.4. The Bertz CT molecular complexity index is 1150. The number of thioether (sulfide) groups is 1. The van der Waals surface area contributed by atoms with E-state index in [0.717, 1.165) is 28.1 Å². The van der Waals surface area contributed by atoms with E-state index in [9.17, 15) is 9.59 Å². The number of anilines is 2. The molecule has 3 aromatic rings. The first-order valence-electron chi connectivity index (χ1n) is 10.3. The van der Waals surface area contributed by atoms with Crippen LogP contribution in [0.1, 0.15) is 23.6 Å². The van der Waals surface area contributed by atoms with Crippen LogP contribution in [-0.2, 0) is 16.0 Å². The maximum Gasteiger partial charge on any atom is 0.283 e. The number of carbonyl (C=O) groups excluding carboxylic acids is 2. The Morgan fingerprint density at radius 3 is 2.10 bits per heavy atom. The molecule has 5 heteroatoms. The van der Waals surface area contributed by atoms with Gasteiger partial charge in [-0.3, -0.25) is 9.59 Å². The number of nitrogens with one attached hydrogen (secondary N) is 1. The zero-order valence-electron chi connectivity index (χ0n) is 17.8. The van der Waals surface area contributed by atoms with Crippen molar-refractivity contribution in [3.8, 4) is 0 Å². The first-order chi connectivity index (χ1) is 15.0. The molecule has 1 heterocycles. The fourth-order valence-electron chi connectivity index (χ4n) is 3.60. The second kappa shape index (κ2) is 8.82. The van der Waals surface area contributed by atoms with E-state index in [2.05, 4.69) is 12.2 Å². The third kappa shape index (κ3) is 4.42. The van der Waals surface area contributed by atoms with Crippen molar-refractivity contribution in [2.45, 2.75) is 32.1 Å². The summed E-state index contributed by atoms with van der Waals surface area (Å²) in [5, 5.41) is 3.22. The second-order valence-electron chi connectivity index (χ2n) is 7.59. The van der Waals surface area contributed by atoms with Crippen molar-refractivity contribution in [1.29, 1.82) is 0 Å². The number of nitrogens with zero attached hydrogens (tertiary/aromatic N) is 1. The maximum atomic E-state index is 13.4. The average Bonchev–Trinajstić information content (AvgIpc) is 2.98. The summed E-state index contributed by atoms with van der Waals surface area (Å²) in [6, 6.07) is 23.3. The summed E-state index contributed by atoms with van der Waals surface area (Å²) in [7, 11) is 0. The molecule has 0 fully saturated rings. The topological polar surface area (TPSA) is 49.4 Å². The molecule has 0 bridgehead atoms. The Hall–Kier alpha value is -3.31. The zero-order valence-corrected chi connectivity index (χ0v) is 18.6. The van der Waals surface area contributed by atoms with Crippen LogP contribution in [0.15, 0.2) is 88.3 Å². The monoisotopic (exact) mass is 428 g/mol. The Morgan fingerprint density at radius 1 is 0.839 bits per heavy atom. The fraction of sp³-hybridized carbons (Fsp3) is 0.154. The fourth-order valence-corrected chi connectivity index (χ4v) is 4.55. The van der Waals surface area contributed by atoms with E-state index in [1.54, 1.807) is 0 Å². The molecular formula is C26H24N2O2S. The van der Waals surface area contributed by atoms with Crippen molar-refractivity contribution in [2.75, 3.05) is 10.2 Å². The van der Waals surface area contributed by atoms with Gasteiger partial charge in [0.2, 0.25) is 0 Å². The molecule has 0 radical (unpaired) electrons. The molecule has 0 aliphatic carbocycles. The van der Waals surface area contributed by atoms with E-state index < -0.39 is 0 Å². The number of benzene rings is 3. The van der Waals surface area contributed by atoms with Crippen molar-refractivity contribution >= 4 is 35.0 Å². The van der Waals surface area contributed by atoms with Gasteiger partial charge in [0.1, 0.15) is 10.6 Å². The van der Waals surface area contributed by atoms with Gasteiger partial charge in [-0.05, 0) is 73.4 Å². The molecule has 0 aromatic heterocycles. The van der Waals surface area contributed by atoms with Gasteiger partial charge >= 0.3 is 0 Å². The first kappa shape index (κ1) is 20.9. The van der Waals surface area contributed by atoms with Crippen LogP contribution in [-0.4, -0.2) is 11.8 Å². The van der Waals surface area contributed by atoms with Gasteiger partial charge in [-0.15, -0.1) is 0 Å². The maximum absolute atomic E-state index is 13.4. The molecule has 1 aliphatic heterocycles. The minimum atomic E-state index is -0.340. The molecule has 31 heavy (non-hydrogen) atoms. The summed E-state index contributed by atoms with van der Waals surface area (Å²) < 4.78 is 0. The van der Waals surface area contributed by atoms with Gasteiger partial charge in [0, 0.05) is 10.6 Å². The smallest absolute Gasteiger partial charge is 0.283 e. The van der Waals surface area contributed by atoms with Gasteiger partial charge in [-0.25, -0.2) is 4.90 Å². The molecule has 4 rings (SSSR count). The molecule has 1 N–H and O–H groups in total. The van der Waals surface area contributed by atoms with Gasteiger partial charge < -0.3 is 5.32 Å². The molecule has 4 nitrogen and oxygen atoms in total. The number of amides is 2. The SMILES string of the molecule is CCc1ccc(NC2=C(Sc3ccccc3)C(=O)N(c3cc(C)cc(C)c3)C2=O)cc1. The molecule has 0 unspecified atom stereocenters. The number of carbonyl (C=O) groups is 2. The van der Waals surface area contributed by atoms with Gasteiger partial charge in [0.15, 0.2) is 0 Å². The van der Waals surface area contributed by atoms with Crippen LogP contribution >= 0.6 is 11.8 Å². The molecule has 0 saturated heterocycles. The second-order valence-corrected chi connectivity index (χ2v) is 8.67. The van der Waals surface area contributed by atoms with Gasteiger partial charge in [0.05, 0.1) is 5.69 Å². The van der Waals surface area contributed by atoms with E-state index in [1.165, 1.54) is 22.2 Å². The van der Waals surface area contributed by atoms with E-state index in [0.29, 0.717) is 16.3 Å². The predicted octanol–water partition coefficient (Wildman–Crippen LogP) is 5.86. The summed E-state index contributed by atoms with van der Waals surface area (Å²) in [5.41, 5.74) is 4.90. The van der Waals surface area contributed by atoms with E-state index >= 15 is 0 Å². The summed E-state index contributed by atoms with van der Waals surface area (Å²) >= 11 is 1.31. The minimum absolute atomic E-state index is 0.308. The lowest BCUT2D eigenvalue weighted by Gasteiger charge is -2.17. The molecule has 156 valence electrons. The lowest BCUT2D eigenvalue weighted by atomic mass is 10.1. The quantitative estimate of drug-likeness (QED) is 0.500. The highest BCUT2D eigenvalue weighted by Crippen LogP contribution is 2.38. The van der Waals surface area contributed by atoms with Crippen LogP contribution in [0.4, 0.5) is 11.4 Å². The highest BCUT2D eigenvalue weighted by molar-refractivity contribution is 8.04. The molecule has 0 atom stereocenters. The van der Waals surface area contributed by atoms with Gasteiger partial charge in [0.25, 0.3) is 11.8 Å². The van der Waals surface area contributed by atoms with Crippen molar-refractivity contribution in [3.05, 3.63) is 100 Å². The Kier molecular flexibility index (Phi) is 5.96. The van der Waals surface area contributed by atoms with Crippen molar-refractivity contribution in [1.82, 2.24) is 0 Å². The Morgan fingerprint density at radius 2 is 1.48 bits per heavy atom. The largest absolute Gasteiger partial charge is 0.350 e. The highest BCUT2D eigenvalue weighted by atomic mass is 32.2. The highest BCUT2D eigenvalue weighted by Gasteiger charge is 2.40. The number of rotatable bonds is 6. The molecule has 1 aliphatic rings. The van der Waals surface area contributed by atoms with Crippen LogP contribution in [0.3, 0.4) is 0 Å². The van der Waals surface area contributed by atoms with E-state index in [1.807, 2.05) is 86.6 Å². The average molecular weight is 429 g/mol. The van der Waals surface area contributed by atoms with Crippen LogP contribution in [0.5, 0.6) is 0 Å². The number of imide groups is 1. The molecular weight excluding hydrogens is 404 g/mol. The minimum Gasteiger partial charge on any atom is -0.350 e.